The smallest absolute Gasteiger partial charge is 0.0700 e. The molecule has 0 aromatic carbocycles. The summed E-state index contributed by atoms with van der Waals surface area (Å²) in [5.74, 6) is 0. The van der Waals surface area contributed by atoms with Gasteiger partial charge in [-0.05, 0) is 19.3 Å². The largest absolute Gasteiger partial charge is 0.381 e. The Balaban J connectivity index is 2.76. The molecule has 79 valence electrons. The van der Waals surface area contributed by atoms with Crippen LogP contribution in [-0.2, 0) is 14.2 Å². The van der Waals surface area contributed by atoms with Gasteiger partial charge in [0.25, 0.3) is 0 Å². The second kappa shape index (κ2) is 11.9. The zero-order valence-electron chi connectivity index (χ0n) is 8.59. The summed E-state index contributed by atoms with van der Waals surface area (Å²) in [6, 6.07) is 0. The zero-order chi connectivity index (χ0) is 9.78. The molecule has 0 atom stereocenters. The van der Waals surface area contributed by atoms with Crippen LogP contribution in [0.3, 0.4) is 0 Å². The molecule has 3 nitrogen and oxygen atoms in total. The van der Waals surface area contributed by atoms with Crippen molar-refractivity contribution >= 4 is 0 Å². The molecule has 0 fully saturated rings. The van der Waals surface area contributed by atoms with Crippen molar-refractivity contribution in [2.45, 2.75) is 26.2 Å². The lowest BCUT2D eigenvalue weighted by molar-refractivity contribution is 0.0747. The maximum Gasteiger partial charge on any atom is 0.0700 e. The molecule has 0 aliphatic carbocycles. The summed E-state index contributed by atoms with van der Waals surface area (Å²) in [6.07, 6.45) is 2.98. The minimum atomic E-state index is 0.673. The molecule has 0 rings (SSSR count). The van der Waals surface area contributed by atoms with E-state index in [1.54, 1.807) is 0 Å². The molecular weight excluding hydrogens is 168 g/mol. The number of rotatable bonds is 10. The molecule has 0 N–H and O–H groups in total. The van der Waals surface area contributed by atoms with Crippen LogP contribution in [0.2, 0.25) is 0 Å². The van der Waals surface area contributed by atoms with Gasteiger partial charge in [-0.1, -0.05) is 6.92 Å². The fraction of sp³-hybridized carbons (Fsp3) is 0.900. The third-order valence-electron chi connectivity index (χ3n) is 1.50. The van der Waals surface area contributed by atoms with Gasteiger partial charge in [-0.2, -0.15) is 0 Å². The lowest BCUT2D eigenvalue weighted by atomic mass is 10.4. The first kappa shape index (κ1) is 12.9. The van der Waals surface area contributed by atoms with Gasteiger partial charge in [0.15, 0.2) is 0 Å². The Morgan fingerprint density at radius 1 is 0.846 bits per heavy atom. The lowest BCUT2D eigenvalue weighted by Gasteiger charge is -2.04. The van der Waals surface area contributed by atoms with E-state index in [0.29, 0.717) is 6.61 Å². The van der Waals surface area contributed by atoms with Gasteiger partial charge < -0.3 is 14.2 Å². The van der Waals surface area contributed by atoms with Crippen molar-refractivity contribution in [3.63, 3.8) is 0 Å². The Morgan fingerprint density at radius 3 is 1.92 bits per heavy atom. The highest BCUT2D eigenvalue weighted by atomic mass is 16.5. The molecular formula is C10H21O3. The molecule has 0 saturated carbocycles. The summed E-state index contributed by atoms with van der Waals surface area (Å²) < 4.78 is 15.3. The van der Waals surface area contributed by atoms with Crippen molar-refractivity contribution in [2.75, 3.05) is 33.0 Å². The average molecular weight is 189 g/mol. The molecule has 0 saturated heterocycles. The number of hydrogen-bond acceptors (Lipinski definition) is 3. The minimum Gasteiger partial charge on any atom is -0.381 e. The van der Waals surface area contributed by atoms with Gasteiger partial charge in [-0.15, -0.1) is 0 Å². The first-order valence-electron chi connectivity index (χ1n) is 4.94. The molecule has 0 amide bonds. The van der Waals surface area contributed by atoms with E-state index in [1.165, 1.54) is 0 Å². The average Bonchev–Trinajstić information content (AvgIpc) is 2.16. The highest BCUT2D eigenvalue weighted by molar-refractivity contribution is 4.37. The van der Waals surface area contributed by atoms with Crippen LogP contribution >= 0.6 is 0 Å². The lowest BCUT2D eigenvalue weighted by Crippen LogP contribution is -2.03. The predicted molar refractivity (Wildman–Crippen MR) is 52.5 cm³/mol. The molecule has 0 spiro atoms. The second-order valence-electron chi connectivity index (χ2n) is 2.84. The summed E-state index contributed by atoms with van der Waals surface area (Å²) in [5.41, 5.74) is 0. The van der Waals surface area contributed by atoms with E-state index in [9.17, 15) is 0 Å². The molecule has 3 heteroatoms. The Hall–Kier alpha value is -0.120. The van der Waals surface area contributed by atoms with Crippen LogP contribution < -0.4 is 0 Å². The second-order valence-corrected chi connectivity index (χ2v) is 2.84. The molecule has 1 radical (unpaired) electrons. The van der Waals surface area contributed by atoms with Gasteiger partial charge in [-0.25, -0.2) is 0 Å². The van der Waals surface area contributed by atoms with Gasteiger partial charge in [0.1, 0.15) is 0 Å². The normalized spacial score (nSPS) is 10.6. The van der Waals surface area contributed by atoms with Gasteiger partial charge >= 0.3 is 0 Å². The van der Waals surface area contributed by atoms with E-state index >= 15 is 0 Å². The molecule has 0 aromatic rings. The van der Waals surface area contributed by atoms with Crippen molar-refractivity contribution in [3.05, 3.63) is 7.11 Å². The zero-order valence-corrected chi connectivity index (χ0v) is 8.59. The van der Waals surface area contributed by atoms with E-state index in [-0.39, 0.29) is 0 Å². The van der Waals surface area contributed by atoms with Gasteiger partial charge in [0.2, 0.25) is 0 Å². The summed E-state index contributed by atoms with van der Waals surface area (Å²) in [5, 5.41) is 0. The highest BCUT2D eigenvalue weighted by Crippen LogP contribution is 1.89. The van der Waals surface area contributed by atoms with Gasteiger partial charge in [-0.3, -0.25) is 0 Å². The highest BCUT2D eigenvalue weighted by Gasteiger charge is 1.90. The first-order chi connectivity index (χ1) is 6.41. The standard InChI is InChI=1S/C10H21O3/c1-3-6-12-9-5-10-13-8-4-7-11-2/h2-10H2,1H3. The fourth-order valence-corrected chi connectivity index (χ4v) is 0.875. The molecule has 0 aliphatic heterocycles. The monoisotopic (exact) mass is 189 g/mol. The maximum atomic E-state index is 5.33. The van der Waals surface area contributed by atoms with E-state index in [2.05, 4.69) is 18.8 Å². The molecule has 0 aliphatic rings. The van der Waals surface area contributed by atoms with Crippen LogP contribution in [0.5, 0.6) is 0 Å². The van der Waals surface area contributed by atoms with E-state index in [1.807, 2.05) is 0 Å². The third kappa shape index (κ3) is 11.9. The van der Waals surface area contributed by atoms with Crippen molar-refractivity contribution in [3.8, 4) is 0 Å². The quantitative estimate of drug-likeness (QED) is 0.492. The van der Waals surface area contributed by atoms with Gasteiger partial charge in [0, 0.05) is 33.0 Å². The minimum absolute atomic E-state index is 0.673. The molecule has 0 heterocycles. The maximum absolute atomic E-state index is 5.33. The van der Waals surface area contributed by atoms with Crippen LogP contribution in [0.25, 0.3) is 0 Å². The van der Waals surface area contributed by atoms with Crippen LogP contribution in [0.15, 0.2) is 0 Å². The SMILES string of the molecule is [CH2]OCCCOCCCOCCC. The fourth-order valence-electron chi connectivity index (χ4n) is 0.875. The van der Waals surface area contributed by atoms with Gasteiger partial charge in [0.05, 0.1) is 7.11 Å². The third-order valence-corrected chi connectivity index (χ3v) is 1.50. The molecule has 0 bridgehead atoms. The molecule has 0 aromatic heterocycles. The van der Waals surface area contributed by atoms with Crippen LogP contribution in [0.4, 0.5) is 0 Å². The van der Waals surface area contributed by atoms with E-state index in [4.69, 9.17) is 9.47 Å². The van der Waals surface area contributed by atoms with E-state index < -0.39 is 0 Å². The Kier molecular flexibility index (Phi) is 11.8. The topological polar surface area (TPSA) is 27.7 Å². The first-order valence-corrected chi connectivity index (χ1v) is 4.94. The Labute approximate surface area is 81.4 Å². The number of hydrogen-bond donors (Lipinski definition) is 0. The summed E-state index contributed by atoms with van der Waals surface area (Å²) in [4.78, 5) is 0. The van der Waals surface area contributed by atoms with Crippen molar-refractivity contribution in [1.82, 2.24) is 0 Å². The van der Waals surface area contributed by atoms with Crippen LogP contribution in [0.1, 0.15) is 26.2 Å². The van der Waals surface area contributed by atoms with Crippen LogP contribution in [-0.4, -0.2) is 33.0 Å². The molecule has 13 heavy (non-hydrogen) atoms. The predicted octanol–water partition coefficient (Wildman–Crippen LogP) is 2.02. The summed E-state index contributed by atoms with van der Waals surface area (Å²) >= 11 is 0. The summed E-state index contributed by atoms with van der Waals surface area (Å²) in [6.45, 7) is 5.97. The van der Waals surface area contributed by atoms with E-state index in [0.717, 1.165) is 45.7 Å². The van der Waals surface area contributed by atoms with Crippen molar-refractivity contribution in [1.29, 1.82) is 0 Å². The van der Waals surface area contributed by atoms with Crippen LogP contribution in [0, 0.1) is 7.11 Å². The molecule has 0 unspecified atom stereocenters. The Bertz CT molecular complexity index is 76.2. The Morgan fingerprint density at radius 2 is 1.38 bits per heavy atom. The summed E-state index contributed by atoms with van der Waals surface area (Å²) in [7, 11) is 3.28. The number of ether oxygens (including phenoxy) is 3. The van der Waals surface area contributed by atoms with Crippen molar-refractivity contribution < 1.29 is 14.2 Å². The van der Waals surface area contributed by atoms with Crippen molar-refractivity contribution in [2.24, 2.45) is 0 Å².